The zero-order chi connectivity index (χ0) is 38.1. The molecular formula is C36H35F6N5O4. The van der Waals surface area contributed by atoms with E-state index in [9.17, 15) is 28.0 Å². The van der Waals surface area contributed by atoms with E-state index in [2.05, 4.69) is 22.1 Å². The van der Waals surface area contributed by atoms with Gasteiger partial charge in [0.25, 0.3) is 11.8 Å². The molecule has 1 unspecified atom stereocenters. The van der Waals surface area contributed by atoms with Gasteiger partial charge in [-0.05, 0) is 82.5 Å². The average Bonchev–Trinajstić information content (AvgIpc) is 3.52. The highest BCUT2D eigenvalue weighted by Crippen LogP contribution is 2.45. The van der Waals surface area contributed by atoms with Gasteiger partial charge in [-0.1, -0.05) is 36.9 Å². The van der Waals surface area contributed by atoms with Gasteiger partial charge in [0.05, 0.1) is 29.4 Å². The standard InChI is InChI=1S/C36H35F6N5O4/c1-8-21(10-9-20(2)22-11-13-23(14-12-22)36(40,41)42)18-47-28-15-24(29-45-46-31(50-29)34(6,7)19-43)26(37)16-25(28)35(38,39)17-27(30(47)48)44-32(49)51-33(3,4)5/h8-16,27H,2,17-18H2,1,3-7H3,(H,44,49)/b10-9-,21-8+. The van der Waals surface area contributed by atoms with Crippen LogP contribution in [0, 0.1) is 17.1 Å². The summed E-state index contributed by atoms with van der Waals surface area (Å²) in [5.74, 6) is -6.61. The fraction of sp³-hybridized carbons (Fsp3) is 0.361. The van der Waals surface area contributed by atoms with Gasteiger partial charge in [-0.25, -0.2) is 18.0 Å². The zero-order valence-electron chi connectivity index (χ0n) is 28.6. The molecule has 0 radical (unpaired) electrons. The first-order valence-electron chi connectivity index (χ1n) is 15.5. The smallest absolute Gasteiger partial charge is 0.416 e. The zero-order valence-corrected chi connectivity index (χ0v) is 28.6. The largest absolute Gasteiger partial charge is 0.444 e. The van der Waals surface area contributed by atoms with Gasteiger partial charge in [-0.15, -0.1) is 10.2 Å². The van der Waals surface area contributed by atoms with Crippen molar-refractivity contribution in [1.29, 1.82) is 5.26 Å². The van der Waals surface area contributed by atoms with E-state index in [1.54, 1.807) is 33.8 Å². The van der Waals surface area contributed by atoms with Crippen molar-refractivity contribution in [1.82, 2.24) is 15.5 Å². The number of alkyl halides is 5. The molecule has 270 valence electrons. The SMILES string of the molecule is C=C(/C=C\C(=C/C)CN1C(=O)C(NC(=O)OC(C)(C)C)CC(F)(F)c2cc(F)c(-c3nnc(C(C)(C)C#N)o3)cc21)c1ccc(C(F)(F)F)cc1. The molecule has 2 aromatic carbocycles. The lowest BCUT2D eigenvalue weighted by Gasteiger charge is -2.27. The van der Waals surface area contributed by atoms with Gasteiger partial charge in [0.2, 0.25) is 11.8 Å². The predicted molar refractivity (Wildman–Crippen MR) is 176 cm³/mol. The van der Waals surface area contributed by atoms with Crippen LogP contribution in [0.25, 0.3) is 17.0 Å². The molecule has 1 aliphatic heterocycles. The maximum atomic E-state index is 16.0. The summed E-state index contributed by atoms with van der Waals surface area (Å²) in [5, 5.41) is 19.3. The Morgan fingerprint density at radius 1 is 1.14 bits per heavy atom. The number of ether oxygens (including phenoxy) is 1. The Labute approximate surface area is 290 Å². The second-order valence-electron chi connectivity index (χ2n) is 13.3. The third-order valence-corrected chi connectivity index (χ3v) is 7.75. The maximum absolute atomic E-state index is 16.0. The summed E-state index contributed by atoms with van der Waals surface area (Å²) in [6, 6.07) is 5.94. The molecule has 1 atom stereocenters. The monoisotopic (exact) mass is 715 g/mol. The number of alkyl carbamates (subject to hydrolysis) is 1. The maximum Gasteiger partial charge on any atom is 0.416 e. The van der Waals surface area contributed by atoms with E-state index < -0.39 is 81.7 Å². The lowest BCUT2D eigenvalue weighted by molar-refractivity contribution is -0.137. The first kappa shape index (κ1) is 38.4. The van der Waals surface area contributed by atoms with E-state index in [-0.39, 0.29) is 12.4 Å². The Balaban J connectivity index is 1.78. The van der Waals surface area contributed by atoms with Crippen LogP contribution in [0.2, 0.25) is 0 Å². The number of hydrogen-bond acceptors (Lipinski definition) is 7. The van der Waals surface area contributed by atoms with Crippen LogP contribution in [0.3, 0.4) is 0 Å². The molecular weight excluding hydrogens is 680 g/mol. The number of rotatable bonds is 8. The van der Waals surface area contributed by atoms with Gasteiger partial charge >= 0.3 is 12.3 Å². The number of nitrogens with zero attached hydrogens (tertiary/aromatic N) is 4. The van der Waals surface area contributed by atoms with E-state index in [1.807, 2.05) is 6.07 Å². The number of halogens is 6. The van der Waals surface area contributed by atoms with Crippen LogP contribution in [0.1, 0.15) is 70.5 Å². The predicted octanol–water partition coefficient (Wildman–Crippen LogP) is 8.63. The van der Waals surface area contributed by atoms with Crippen LogP contribution in [-0.4, -0.2) is 40.4 Å². The number of amides is 2. The van der Waals surface area contributed by atoms with Crippen molar-refractivity contribution in [2.45, 2.75) is 77.1 Å². The fourth-order valence-electron chi connectivity index (χ4n) is 4.96. The molecule has 1 aliphatic rings. The second kappa shape index (κ2) is 14.1. The minimum absolute atomic E-state index is 0.163. The summed E-state index contributed by atoms with van der Waals surface area (Å²) in [5.41, 5.74) is -3.83. The van der Waals surface area contributed by atoms with Gasteiger partial charge in [0.15, 0.2) is 0 Å². The van der Waals surface area contributed by atoms with Crippen molar-refractivity contribution >= 4 is 23.3 Å². The number of nitrogens with one attached hydrogen (secondary N) is 1. The summed E-state index contributed by atoms with van der Waals surface area (Å²) < 4.78 is 97.5. The number of fused-ring (bicyclic) bond motifs is 1. The summed E-state index contributed by atoms with van der Waals surface area (Å²) in [6.07, 6.45) is -2.38. The molecule has 3 aromatic rings. The van der Waals surface area contributed by atoms with Crippen LogP contribution in [-0.2, 0) is 27.0 Å². The van der Waals surface area contributed by atoms with E-state index in [4.69, 9.17) is 9.15 Å². The molecule has 0 aliphatic carbocycles. The van der Waals surface area contributed by atoms with Crippen LogP contribution in [0.4, 0.5) is 36.8 Å². The van der Waals surface area contributed by atoms with Crippen molar-refractivity contribution in [3.05, 3.63) is 95.2 Å². The van der Waals surface area contributed by atoms with Crippen molar-refractivity contribution in [2.75, 3.05) is 11.4 Å². The van der Waals surface area contributed by atoms with Crippen LogP contribution in [0.15, 0.2) is 71.2 Å². The van der Waals surface area contributed by atoms with Crippen molar-refractivity contribution in [2.24, 2.45) is 0 Å². The first-order chi connectivity index (χ1) is 23.6. The molecule has 0 fully saturated rings. The summed E-state index contributed by atoms with van der Waals surface area (Å²) in [6.45, 7) is 12.7. The molecule has 51 heavy (non-hydrogen) atoms. The summed E-state index contributed by atoms with van der Waals surface area (Å²) >= 11 is 0. The van der Waals surface area contributed by atoms with E-state index >= 15 is 13.2 Å². The number of hydrogen-bond donors (Lipinski definition) is 1. The highest BCUT2D eigenvalue weighted by molar-refractivity contribution is 6.01. The van der Waals surface area contributed by atoms with Crippen molar-refractivity contribution in [3.63, 3.8) is 0 Å². The Morgan fingerprint density at radius 3 is 2.35 bits per heavy atom. The molecule has 0 bridgehead atoms. The van der Waals surface area contributed by atoms with Gasteiger partial charge in [0.1, 0.15) is 22.9 Å². The highest BCUT2D eigenvalue weighted by Gasteiger charge is 2.47. The normalized spacial score (nSPS) is 16.8. The Morgan fingerprint density at radius 2 is 1.78 bits per heavy atom. The molecule has 1 aromatic heterocycles. The summed E-state index contributed by atoms with van der Waals surface area (Å²) in [7, 11) is 0. The highest BCUT2D eigenvalue weighted by atomic mass is 19.4. The number of aromatic nitrogens is 2. The number of carbonyl (C=O) groups is 2. The molecule has 4 rings (SSSR count). The average molecular weight is 716 g/mol. The molecule has 15 heteroatoms. The summed E-state index contributed by atoms with van der Waals surface area (Å²) in [4.78, 5) is 27.7. The van der Waals surface area contributed by atoms with Crippen molar-refractivity contribution < 1.29 is 45.1 Å². The lowest BCUT2D eigenvalue weighted by atomic mass is 9.96. The number of nitriles is 1. The molecule has 0 saturated carbocycles. The van der Waals surface area contributed by atoms with Crippen LogP contribution < -0.4 is 10.2 Å². The molecule has 1 N–H and O–H groups in total. The Hall–Kier alpha value is -5.39. The van der Waals surface area contributed by atoms with Gasteiger partial charge in [-0.3, -0.25) is 4.79 Å². The van der Waals surface area contributed by atoms with E-state index in [1.165, 1.54) is 38.1 Å². The van der Waals surface area contributed by atoms with E-state index in [0.717, 1.165) is 23.1 Å². The topological polar surface area (TPSA) is 121 Å². The second-order valence-corrected chi connectivity index (χ2v) is 13.3. The molecule has 0 saturated heterocycles. The van der Waals surface area contributed by atoms with Crippen molar-refractivity contribution in [3.8, 4) is 17.5 Å². The molecule has 0 spiro atoms. The van der Waals surface area contributed by atoms with Gasteiger partial charge in [-0.2, -0.15) is 18.4 Å². The fourth-order valence-corrected chi connectivity index (χ4v) is 4.96. The number of anilines is 1. The first-order valence-corrected chi connectivity index (χ1v) is 15.5. The minimum Gasteiger partial charge on any atom is -0.444 e. The van der Waals surface area contributed by atoms with E-state index in [0.29, 0.717) is 22.8 Å². The Bertz CT molecular complexity index is 1930. The van der Waals surface area contributed by atoms with Gasteiger partial charge < -0.3 is 19.4 Å². The lowest BCUT2D eigenvalue weighted by Crippen LogP contribution is -2.50. The van der Waals surface area contributed by atoms with Gasteiger partial charge in [0, 0.05) is 12.0 Å². The third kappa shape index (κ3) is 8.86. The number of benzene rings is 2. The number of allylic oxidation sites excluding steroid dienone is 3. The molecule has 2 amide bonds. The van der Waals surface area contributed by atoms with Crippen LogP contribution in [0.5, 0.6) is 0 Å². The van der Waals surface area contributed by atoms with Crippen LogP contribution >= 0.6 is 0 Å². The quantitative estimate of drug-likeness (QED) is 0.183. The third-order valence-electron chi connectivity index (χ3n) is 7.75. The Kier molecular flexibility index (Phi) is 10.6. The molecule has 2 heterocycles. The minimum atomic E-state index is -4.53. The molecule has 9 nitrogen and oxygen atoms in total. The number of carbonyl (C=O) groups excluding carboxylic acids is 2.